The highest BCUT2D eigenvalue weighted by Gasteiger charge is 2.25. The number of carbonyl (C=O) groups excluding carboxylic acids is 1. The summed E-state index contributed by atoms with van der Waals surface area (Å²) in [6.07, 6.45) is 1.50. The number of carbonyl (C=O) groups is 1. The minimum Gasteiger partial charge on any atom is -0.344 e. The number of amides is 1. The lowest BCUT2D eigenvalue weighted by Gasteiger charge is -2.08. The van der Waals surface area contributed by atoms with Crippen molar-refractivity contribution in [2.45, 2.75) is 19.9 Å². The van der Waals surface area contributed by atoms with Crippen LogP contribution in [0.4, 0.5) is 0 Å². The predicted molar refractivity (Wildman–Crippen MR) is 91.2 cm³/mol. The number of rotatable bonds is 3. The second kappa shape index (κ2) is 5.90. The van der Waals surface area contributed by atoms with E-state index < -0.39 is 15.9 Å². The standard InChI is InChI=1S/C16H16N2O3S2/c1-10-3-5-12(6-4-10)16-17-11(2)14(22-16)15(19)18-13-7-8-23(20,21)9-13/h3-8,13H,9H2,1-2H3,(H,18,19). The van der Waals surface area contributed by atoms with Gasteiger partial charge in [-0.15, -0.1) is 11.3 Å². The molecule has 2 heterocycles. The second-order valence-electron chi connectivity index (χ2n) is 5.54. The normalized spacial score (nSPS) is 19.0. The maximum atomic E-state index is 12.4. The lowest BCUT2D eigenvalue weighted by atomic mass is 10.2. The zero-order valence-corrected chi connectivity index (χ0v) is 14.4. The van der Waals surface area contributed by atoms with Crippen LogP contribution in [0, 0.1) is 13.8 Å². The summed E-state index contributed by atoms with van der Waals surface area (Å²) in [7, 11) is -3.18. The SMILES string of the molecule is Cc1ccc(-c2nc(C)c(C(=O)NC3C=CS(=O)(=O)C3)s2)cc1. The lowest BCUT2D eigenvalue weighted by molar-refractivity contribution is 0.0951. The Morgan fingerprint density at radius 3 is 2.57 bits per heavy atom. The molecule has 1 aromatic heterocycles. The summed E-state index contributed by atoms with van der Waals surface area (Å²) < 4.78 is 22.8. The number of hydrogen-bond donors (Lipinski definition) is 1. The summed E-state index contributed by atoms with van der Waals surface area (Å²) in [5, 5.41) is 4.66. The molecule has 3 rings (SSSR count). The van der Waals surface area contributed by atoms with Gasteiger partial charge in [0.1, 0.15) is 9.88 Å². The fraction of sp³-hybridized carbons (Fsp3) is 0.250. The zero-order chi connectivity index (χ0) is 16.6. The number of thiazole rings is 1. The number of benzene rings is 1. The van der Waals surface area contributed by atoms with E-state index in [1.54, 1.807) is 6.92 Å². The van der Waals surface area contributed by atoms with Crippen molar-refractivity contribution in [2.75, 3.05) is 5.75 Å². The molecule has 0 radical (unpaired) electrons. The summed E-state index contributed by atoms with van der Waals surface area (Å²) in [4.78, 5) is 17.3. The van der Waals surface area contributed by atoms with Gasteiger partial charge < -0.3 is 5.32 Å². The highest BCUT2D eigenvalue weighted by atomic mass is 32.2. The number of aromatic nitrogens is 1. The Labute approximate surface area is 139 Å². The number of sulfone groups is 1. The van der Waals surface area contributed by atoms with Crippen LogP contribution in [0.25, 0.3) is 10.6 Å². The Bertz CT molecular complexity index is 881. The molecule has 1 amide bonds. The van der Waals surface area contributed by atoms with Gasteiger partial charge in [0.05, 0.1) is 17.5 Å². The van der Waals surface area contributed by atoms with E-state index in [9.17, 15) is 13.2 Å². The molecule has 0 spiro atoms. The molecule has 23 heavy (non-hydrogen) atoms. The first kappa shape index (κ1) is 15.9. The molecule has 0 bridgehead atoms. The van der Waals surface area contributed by atoms with Gasteiger partial charge in [0, 0.05) is 11.0 Å². The van der Waals surface area contributed by atoms with Crippen molar-refractivity contribution in [3.63, 3.8) is 0 Å². The fourth-order valence-corrected chi connectivity index (χ4v) is 4.54. The molecule has 1 N–H and O–H groups in total. The average molecular weight is 348 g/mol. The van der Waals surface area contributed by atoms with Gasteiger partial charge in [-0.2, -0.15) is 0 Å². The van der Waals surface area contributed by atoms with Gasteiger partial charge >= 0.3 is 0 Å². The molecular weight excluding hydrogens is 332 g/mol. The maximum Gasteiger partial charge on any atom is 0.263 e. The number of hydrogen-bond acceptors (Lipinski definition) is 5. The second-order valence-corrected chi connectivity index (χ2v) is 8.47. The van der Waals surface area contributed by atoms with Crippen LogP contribution in [0.15, 0.2) is 35.7 Å². The Morgan fingerprint density at radius 1 is 1.26 bits per heavy atom. The fourth-order valence-electron chi connectivity index (χ4n) is 2.33. The Hall–Kier alpha value is -1.99. The smallest absolute Gasteiger partial charge is 0.263 e. The summed E-state index contributed by atoms with van der Waals surface area (Å²) in [6.45, 7) is 3.79. The van der Waals surface area contributed by atoms with E-state index in [1.165, 1.54) is 17.4 Å². The van der Waals surface area contributed by atoms with Crippen molar-refractivity contribution in [3.05, 3.63) is 51.9 Å². The van der Waals surface area contributed by atoms with Gasteiger partial charge in [-0.3, -0.25) is 4.79 Å². The van der Waals surface area contributed by atoms with E-state index in [4.69, 9.17) is 0 Å². The Balaban J connectivity index is 1.79. The highest BCUT2D eigenvalue weighted by Crippen LogP contribution is 2.28. The molecule has 0 saturated carbocycles. The molecule has 1 aliphatic rings. The quantitative estimate of drug-likeness (QED) is 0.924. The van der Waals surface area contributed by atoms with Crippen LogP contribution in [0.3, 0.4) is 0 Å². The van der Waals surface area contributed by atoms with Gasteiger partial charge in [0.2, 0.25) is 0 Å². The Kier molecular flexibility index (Phi) is 4.08. The van der Waals surface area contributed by atoms with Gasteiger partial charge in [-0.25, -0.2) is 13.4 Å². The monoisotopic (exact) mass is 348 g/mol. The van der Waals surface area contributed by atoms with E-state index in [1.807, 2.05) is 31.2 Å². The molecule has 5 nitrogen and oxygen atoms in total. The minimum atomic E-state index is -3.18. The van der Waals surface area contributed by atoms with Gasteiger partial charge in [-0.05, 0) is 19.9 Å². The third kappa shape index (κ3) is 3.51. The van der Waals surface area contributed by atoms with Crippen LogP contribution in [-0.2, 0) is 9.84 Å². The van der Waals surface area contributed by atoms with Crippen molar-refractivity contribution in [1.82, 2.24) is 10.3 Å². The summed E-state index contributed by atoms with van der Waals surface area (Å²) in [6, 6.07) is 7.47. The van der Waals surface area contributed by atoms with E-state index in [-0.39, 0.29) is 11.7 Å². The van der Waals surface area contributed by atoms with Crippen LogP contribution in [0.1, 0.15) is 20.9 Å². The van der Waals surface area contributed by atoms with E-state index in [0.29, 0.717) is 10.6 Å². The minimum absolute atomic E-state index is 0.0819. The summed E-state index contributed by atoms with van der Waals surface area (Å²) in [5.74, 6) is -0.369. The molecule has 2 aromatic rings. The highest BCUT2D eigenvalue weighted by molar-refractivity contribution is 7.94. The molecule has 1 aliphatic heterocycles. The molecule has 1 unspecified atom stereocenters. The lowest BCUT2D eigenvalue weighted by Crippen LogP contribution is -2.35. The molecule has 0 aliphatic carbocycles. The summed E-state index contributed by atoms with van der Waals surface area (Å²) >= 11 is 1.31. The summed E-state index contributed by atoms with van der Waals surface area (Å²) in [5.41, 5.74) is 2.77. The van der Waals surface area contributed by atoms with Crippen molar-refractivity contribution in [2.24, 2.45) is 0 Å². The van der Waals surface area contributed by atoms with E-state index >= 15 is 0 Å². The topological polar surface area (TPSA) is 76.1 Å². The molecule has 7 heteroatoms. The number of nitrogens with zero attached hydrogens (tertiary/aromatic N) is 1. The third-order valence-electron chi connectivity index (χ3n) is 3.55. The van der Waals surface area contributed by atoms with Crippen molar-refractivity contribution in [1.29, 1.82) is 0 Å². The first-order chi connectivity index (χ1) is 10.8. The first-order valence-electron chi connectivity index (χ1n) is 7.10. The van der Waals surface area contributed by atoms with Crippen LogP contribution >= 0.6 is 11.3 Å². The number of aryl methyl sites for hydroxylation is 2. The van der Waals surface area contributed by atoms with E-state index in [2.05, 4.69) is 10.3 Å². The maximum absolute atomic E-state index is 12.4. The third-order valence-corrected chi connectivity index (χ3v) is 6.15. The van der Waals surface area contributed by atoms with Crippen LogP contribution in [0.5, 0.6) is 0 Å². The Morgan fingerprint density at radius 2 is 1.96 bits per heavy atom. The molecule has 0 saturated heterocycles. The molecule has 0 fully saturated rings. The molecule has 120 valence electrons. The average Bonchev–Trinajstić information content (AvgIpc) is 3.02. The van der Waals surface area contributed by atoms with Crippen molar-refractivity contribution in [3.8, 4) is 10.6 Å². The van der Waals surface area contributed by atoms with Crippen LogP contribution in [-0.4, -0.2) is 31.1 Å². The molecule has 1 atom stereocenters. The first-order valence-corrected chi connectivity index (χ1v) is 9.63. The van der Waals surface area contributed by atoms with E-state index in [0.717, 1.165) is 21.5 Å². The van der Waals surface area contributed by atoms with Crippen molar-refractivity contribution < 1.29 is 13.2 Å². The largest absolute Gasteiger partial charge is 0.344 e. The predicted octanol–water partition coefficient (Wildman–Crippen LogP) is 2.47. The van der Waals surface area contributed by atoms with Gasteiger partial charge in [0.15, 0.2) is 9.84 Å². The molecular formula is C16H16N2O3S2. The zero-order valence-electron chi connectivity index (χ0n) is 12.7. The van der Waals surface area contributed by atoms with Gasteiger partial charge in [-0.1, -0.05) is 29.8 Å². The number of nitrogens with one attached hydrogen (secondary N) is 1. The van der Waals surface area contributed by atoms with Gasteiger partial charge in [0.25, 0.3) is 5.91 Å². The molecule has 1 aromatic carbocycles. The van der Waals surface area contributed by atoms with Crippen molar-refractivity contribution >= 4 is 27.1 Å². The van der Waals surface area contributed by atoms with Crippen LogP contribution < -0.4 is 5.32 Å². The van der Waals surface area contributed by atoms with Crippen LogP contribution in [0.2, 0.25) is 0 Å².